The molecule has 1 N–H and O–H groups in total. The highest BCUT2D eigenvalue weighted by atomic mass is 35.5. The van der Waals surface area contributed by atoms with E-state index < -0.39 is 0 Å². The highest BCUT2D eigenvalue weighted by molar-refractivity contribution is 6.31. The van der Waals surface area contributed by atoms with Gasteiger partial charge >= 0.3 is 0 Å². The minimum atomic E-state index is -0.255. The summed E-state index contributed by atoms with van der Waals surface area (Å²) in [6, 6.07) is 4.40. The molecule has 0 saturated heterocycles. The van der Waals surface area contributed by atoms with E-state index >= 15 is 0 Å². The van der Waals surface area contributed by atoms with Crippen molar-refractivity contribution in [2.75, 3.05) is 12.4 Å². The van der Waals surface area contributed by atoms with E-state index in [1.165, 1.54) is 12.1 Å². The van der Waals surface area contributed by atoms with E-state index in [4.69, 9.17) is 23.2 Å². The monoisotopic (exact) mass is 263 g/mol. The summed E-state index contributed by atoms with van der Waals surface area (Å²) in [5, 5.41) is 3.84. The number of rotatable bonds is 6. The van der Waals surface area contributed by atoms with Crippen LogP contribution in [-0.4, -0.2) is 12.4 Å². The minimum Gasteiger partial charge on any atom is -0.312 e. The van der Waals surface area contributed by atoms with Crippen LogP contribution in [0, 0.1) is 11.7 Å². The Morgan fingerprint density at radius 2 is 2.19 bits per heavy atom. The molecular formula is C12H16Cl2FN. The first kappa shape index (κ1) is 13.8. The summed E-state index contributed by atoms with van der Waals surface area (Å²) < 4.78 is 12.9. The van der Waals surface area contributed by atoms with E-state index in [0.29, 0.717) is 23.4 Å². The average Bonchev–Trinajstić information content (AvgIpc) is 2.23. The van der Waals surface area contributed by atoms with Gasteiger partial charge < -0.3 is 5.32 Å². The van der Waals surface area contributed by atoms with Crippen LogP contribution in [0.2, 0.25) is 5.02 Å². The molecule has 0 saturated carbocycles. The number of halogens is 3. The molecule has 90 valence electrons. The van der Waals surface area contributed by atoms with Crippen LogP contribution < -0.4 is 5.32 Å². The second-order valence-corrected chi connectivity index (χ2v) is 4.73. The van der Waals surface area contributed by atoms with Crippen LogP contribution in [0.25, 0.3) is 0 Å². The first-order valence-corrected chi connectivity index (χ1v) is 6.25. The summed E-state index contributed by atoms with van der Waals surface area (Å²) in [6.45, 7) is 3.57. The van der Waals surface area contributed by atoms with Gasteiger partial charge in [-0.1, -0.05) is 18.5 Å². The average molecular weight is 264 g/mol. The van der Waals surface area contributed by atoms with Crippen molar-refractivity contribution in [1.82, 2.24) is 5.32 Å². The summed E-state index contributed by atoms with van der Waals surface area (Å²) in [4.78, 5) is 0. The number of nitrogens with one attached hydrogen (secondary N) is 1. The van der Waals surface area contributed by atoms with Crippen LogP contribution in [-0.2, 0) is 6.54 Å². The molecule has 0 aliphatic heterocycles. The van der Waals surface area contributed by atoms with Crippen molar-refractivity contribution >= 4 is 23.2 Å². The highest BCUT2D eigenvalue weighted by Gasteiger charge is 2.04. The summed E-state index contributed by atoms with van der Waals surface area (Å²) in [7, 11) is 0. The van der Waals surface area contributed by atoms with Gasteiger partial charge in [-0.15, -0.1) is 11.6 Å². The molecule has 0 bridgehead atoms. The van der Waals surface area contributed by atoms with Gasteiger partial charge in [-0.05, 0) is 42.6 Å². The number of benzene rings is 1. The van der Waals surface area contributed by atoms with Crippen LogP contribution in [0.3, 0.4) is 0 Å². The zero-order valence-electron chi connectivity index (χ0n) is 9.27. The Labute approximate surface area is 106 Å². The quantitative estimate of drug-likeness (QED) is 0.770. The van der Waals surface area contributed by atoms with E-state index in [9.17, 15) is 4.39 Å². The molecule has 0 aliphatic rings. The molecule has 1 atom stereocenters. The molecule has 0 aliphatic carbocycles. The van der Waals surface area contributed by atoms with Crippen molar-refractivity contribution in [3.63, 3.8) is 0 Å². The van der Waals surface area contributed by atoms with Gasteiger partial charge in [0, 0.05) is 17.4 Å². The Balaban J connectivity index is 2.39. The second kappa shape index (κ2) is 7.10. The van der Waals surface area contributed by atoms with Gasteiger partial charge in [0.2, 0.25) is 0 Å². The van der Waals surface area contributed by atoms with Gasteiger partial charge in [-0.25, -0.2) is 4.39 Å². The summed E-state index contributed by atoms with van der Waals surface area (Å²) in [6.07, 6.45) is 0.978. The van der Waals surface area contributed by atoms with Gasteiger partial charge in [-0.3, -0.25) is 0 Å². The molecule has 1 rings (SSSR count). The summed E-state index contributed by atoms with van der Waals surface area (Å²) >= 11 is 11.6. The summed E-state index contributed by atoms with van der Waals surface area (Å²) in [5.74, 6) is 0.934. The fourth-order valence-corrected chi connectivity index (χ4v) is 1.98. The largest absolute Gasteiger partial charge is 0.312 e. The highest BCUT2D eigenvalue weighted by Crippen LogP contribution is 2.16. The topological polar surface area (TPSA) is 12.0 Å². The zero-order chi connectivity index (χ0) is 12.0. The van der Waals surface area contributed by atoms with Crippen LogP contribution >= 0.6 is 23.2 Å². The van der Waals surface area contributed by atoms with Crippen LogP contribution in [0.5, 0.6) is 0 Å². The molecule has 1 nitrogen and oxygen atoms in total. The standard InChI is InChI=1S/C12H16Cl2FN/c1-9(4-5-13)7-16-8-10-6-11(15)2-3-12(10)14/h2-3,6,9,16H,4-5,7-8H2,1H3. The third-order valence-corrected chi connectivity index (χ3v) is 3.00. The van der Waals surface area contributed by atoms with Crippen LogP contribution in [0.15, 0.2) is 18.2 Å². The van der Waals surface area contributed by atoms with E-state index in [-0.39, 0.29) is 5.82 Å². The number of alkyl halides is 1. The van der Waals surface area contributed by atoms with E-state index in [2.05, 4.69) is 12.2 Å². The molecule has 0 amide bonds. The maximum atomic E-state index is 12.9. The Bertz CT molecular complexity index is 331. The third-order valence-electron chi connectivity index (χ3n) is 2.42. The number of hydrogen-bond donors (Lipinski definition) is 1. The lowest BCUT2D eigenvalue weighted by molar-refractivity contribution is 0.501. The molecule has 0 spiro atoms. The Morgan fingerprint density at radius 3 is 2.88 bits per heavy atom. The van der Waals surface area contributed by atoms with Gasteiger partial charge in [-0.2, -0.15) is 0 Å². The van der Waals surface area contributed by atoms with Gasteiger partial charge in [0.25, 0.3) is 0 Å². The Morgan fingerprint density at radius 1 is 1.44 bits per heavy atom. The maximum absolute atomic E-state index is 12.9. The first-order valence-electron chi connectivity index (χ1n) is 5.34. The predicted molar refractivity (Wildman–Crippen MR) is 67.6 cm³/mol. The maximum Gasteiger partial charge on any atom is 0.123 e. The van der Waals surface area contributed by atoms with Gasteiger partial charge in [0.15, 0.2) is 0 Å². The molecule has 0 aromatic heterocycles. The van der Waals surface area contributed by atoms with Crippen molar-refractivity contribution in [3.8, 4) is 0 Å². The lowest BCUT2D eigenvalue weighted by Gasteiger charge is -2.11. The van der Waals surface area contributed by atoms with E-state index in [1.807, 2.05) is 0 Å². The second-order valence-electron chi connectivity index (χ2n) is 3.95. The van der Waals surface area contributed by atoms with Crippen molar-refractivity contribution in [2.45, 2.75) is 19.9 Å². The SMILES string of the molecule is CC(CCCl)CNCc1cc(F)ccc1Cl. The van der Waals surface area contributed by atoms with Crippen molar-refractivity contribution in [2.24, 2.45) is 5.92 Å². The summed E-state index contributed by atoms with van der Waals surface area (Å²) in [5.41, 5.74) is 0.791. The number of hydrogen-bond acceptors (Lipinski definition) is 1. The predicted octanol–water partition coefficient (Wildman–Crippen LogP) is 3.83. The normalized spacial score (nSPS) is 12.8. The van der Waals surface area contributed by atoms with Crippen LogP contribution in [0.1, 0.15) is 18.9 Å². The fourth-order valence-electron chi connectivity index (χ4n) is 1.42. The molecule has 0 heterocycles. The lowest BCUT2D eigenvalue weighted by Crippen LogP contribution is -2.21. The van der Waals surface area contributed by atoms with Crippen molar-refractivity contribution < 1.29 is 4.39 Å². The van der Waals surface area contributed by atoms with Crippen molar-refractivity contribution in [1.29, 1.82) is 0 Å². The fraction of sp³-hybridized carbons (Fsp3) is 0.500. The molecule has 1 aromatic rings. The Kier molecular flexibility index (Phi) is 6.10. The van der Waals surface area contributed by atoms with Gasteiger partial charge in [0.1, 0.15) is 5.82 Å². The third kappa shape index (κ3) is 4.69. The van der Waals surface area contributed by atoms with E-state index in [0.717, 1.165) is 18.5 Å². The molecule has 0 radical (unpaired) electrons. The molecule has 0 fully saturated rings. The lowest BCUT2D eigenvalue weighted by atomic mass is 10.1. The molecular weight excluding hydrogens is 248 g/mol. The Hall–Kier alpha value is -0.310. The molecule has 16 heavy (non-hydrogen) atoms. The van der Waals surface area contributed by atoms with Crippen LogP contribution in [0.4, 0.5) is 4.39 Å². The smallest absolute Gasteiger partial charge is 0.123 e. The zero-order valence-corrected chi connectivity index (χ0v) is 10.8. The molecule has 4 heteroatoms. The van der Waals surface area contributed by atoms with Crippen molar-refractivity contribution in [3.05, 3.63) is 34.6 Å². The van der Waals surface area contributed by atoms with E-state index in [1.54, 1.807) is 6.07 Å². The molecule has 1 aromatic carbocycles. The molecule has 1 unspecified atom stereocenters. The first-order chi connectivity index (χ1) is 7.63. The minimum absolute atomic E-state index is 0.255. The van der Waals surface area contributed by atoms with Gasteiger partial charge in [0.05, 0.1) is 0 Å².